The maximum Gasteiger partial charge on any atom is 0.270 e. The summed E-state index contributed by atoms with van der Waals surface area (Å²) in [4.78, 5) is 23.5. The molecule has 1 rings (SSSR count). The second-order valence-corrected chi connectivity index (χ2v) is 4.06. The summed E-state index contributed by atoms with van der Waals surface area (Å²) in [6, 6.07) is 3.85. The molecule has 92 valence electrons. The van der Waals surface area contributed by atoms with Gasteiger partial charge in [-0.25, -0.2) is 0 Å². The monoisotopic (exact) mass is 256 g/mol. The predicted octanol–water partition coefficient (Wildman–Crippen LogP) is 2.73. The van der Waals surface area contributed by atoms with Crippen LogP contribution in [0, 0.1) is 10.1 Å². The van der Waals surface area contributed by atoms with E-state index in [9.17, 15) is 14.9 Å². The quantitative estimate of drug-likeness (QED) is 0.615. The van der Waals surface area contributed by atoms with E-state index in [-0.39, 0.29) is 22.2 Å². The predicted molar refractivity (Wildman–Crippen MR) is 65.4 cm³/mol. The number of hydrogen-bond donors (Lipinski definition) is 0. The third kappa shape index (κ3) is 3.17. The van der Waals surface area contributed by atoms with Crippen molar-refractivity contribution in [3.8, 4) is 0 Å². The molecule has 0 spiro atoms. The first-order chi connectivity index (χ1) is 7.97. The van der Waals surface area contributed by atoms with E-state index >= 15 is 0 Å². The van der Waals surface area contributed by atoms with Crippen molar-refractivity contribution < 1.29 is 9.72 Å². The van der Waals surface area contributed by atoms with Gasteiger partial charge in [-0.05, 0) is 12.5 Å². The molecule has 0 fully saturated rings. The molecule has 1 aromatic rings. The van der Waals surface area contributed by atoms with Crippen molar-refractivity contribution in [3.63, 3.8) is 0 Å². The van der Waals surface area contributed by atoms with Gasteiger partial charge in [-0.3, -0.25) is 14.9 Å². The van der Waals surface area contributed by atoms with E-state index in [1.807, 2.05) is 6.92 Å². The van der Waals surface area contributed by atoms with E-state index in [1.165, 1.54) is 23.1 Å². The third-order valence-corrected chi connectivity index (χ3v) is 2.63. The van der Waals surface area contributed by atoms with Crippen molar-refractivity contribution in [2.24, 2.45) is 0 Å². The largest absolute Gasteiger partial charge is 0.342 e. The molecular formula is C11H13ClN2O3. The van der Waals surface area contributed by atoms with Crippen LogP contribution >= 0.6 is 11.6 Å². The topological polar surface area (TPSA) is 63.5 Å². The molecule has 5 nitrogen and oxygen atoms in total. The zero-order valence-corrected chi connectivity index (χ0v) is 10.4. The van der Waals surface area contributed by atoms with Gasteiger partial charge in [0, 0.05) is 25.7 Å². The molecule has 0 aliphatic rings. The number of non-ortho nitro benzene ring substituents is 1. The highest BCUT2D eigenvalue weighted by molar-refractivity contribution is 6.33. The third-order valence-electron chi connectivity index (χ3n) is 2.30. The fourth-order valence-electron chi connectivity index (χ4n) is 1.43. The number of hydrogen-bond acceptors (Lipinski definition) is 3. The van der Waals surface area contributed by atoms with Gasteiger partial charge in [-0.15, -0.1) is 0 Å². The van der Waals surface area contributed by atoms with Crippen molar-refractivity contribution in [2.45, 2.75) is 13.3 Å². The molecule has 0 bridgehead atoms. The lowest BCUT2D eigenvalue weighted by Crippen LogP contribution is -2.27. The lowest BCUT2D eigenvalue weighted by molar-refractivity contribution is -0.384. The Bertz CT molecular complexity index is 448. The molecule has 0 aliphatic carbocycles. The van der Waals surface area contributed by atoms with Crippen LogP contribution in [0.1, 0.15) is 23.7 Å². The zero-order valence-electron chi connectivity index (χ0n) is 9.64. The second-order valence-electron chi connectivity index (χ2n) is 3.65. The van der Waals surface area contributed by atoms with Gasteiger partial charge in [0.2, 0.25) is 0 Å². The average molecular weight is 257 g/mol. The van der Waals surface area contributed by atoms with Crippen LogP contribution < -0.4 is 0 Å². The van der Waals surface area contributed by atoms with Gasteiger partial charge in [0.25, 0.3) is 11.6 Å². The summed E-state index contributed by atoms with van der Waals surface area (Å²) in [5.41, 5.74) is 0.0273. The summed E-state index contributed by atoms with van der Waals surface area (Å²) < 4.78 is 0. The molecule has 17 heavy (non-hydrogen) atoms. The van der Waals surface area contributed by atoms with E-state index in [0.29, 0.717) is 6.54 Å². The molecular weight excluding hydrogens is 244 g/mol. The van der Waals surface area contributed by atoms with E-state index in [4.69, 9.17) is 11.6 Å². The summed E-state index contributed by atoms with van der Waals surface area (Å²) in [7, 11) is 1.64. The number of halogens is 1. The summed E-state index contributed by atoms with van der Waals surface area (Å²) in [6.07, 6.45) is 0.814. The second kappa shape index (κ2) is 5.63. The van der Waals surface area contributed by atoms with E-state index in [1.54, 1.807) is 7.05 Å². The first-order valence-corrected chi connectivity index (χ1v) is 5.54. The van der Waals surface area contributed by atoms with Crippen molar-refractivity contribution in [1.29, 1.82) is 0 Å². The van der Waals surface area contributed by atoms with Crippen LogP contribution in [0.15, 0.2) is 18.2 Å². The highest BCUT2D eigenvalue weighted by Crippen LogP contribution is 2.23. The fourth-order valence-corrected chi connectivity index (χ4v) is 1.63. The van der Waals surface area contributed by atoms with Crippen molar-refractivity contribution in [1.82, 2.24) is 4.90 Å². The number of rotatable bonds is 4. The summed E-state index contributed by atoms with van der Waals surface area (Å²) in [5, 5.41) is 10.8. The Hall–Kier alpha value is -1.62. The van der Waals surface area contributed by atoms with Gasteiger partial charge in [0.05, 0.1) is 15.5 Å². The van der Waals surface area contributed by atoms with Crippen molar-refractivity contribution in [3.05, 3.63) is 38.9 Å². The Morgan fingerprint density at radius 2 is 2.18 bits per heavy atom. The molecule has 0 aromatic heterocycles. The van der Waals surface area contributed by atoms with Gasteiger partial charge >= 0.3 is 0 Å². The SMILES string of the molecule is CCCN(C)C(=O)c1cc([N+](=O)[O-])ccc1Cl. The summed E-state index contributed by atoms with van der Waals surface area (Å²) in [5.74, 6) is -0.305. The normalized spacial score (nSPS) is 10.1. The molecule has 1 aromatic carbocycles. The molecule has 0 atom stereocenters. The van der Waals surface area contributed by atoms with Crippen LogP contribution in [0.25, 0.3) is 0 Å². The van der Waals surface area contributed by atoms with Crippen LogP contribution in [0.2, 0.25) is 5.02 Å². The number of nitrogens with zero attached hydrogens (tertiary/aromatic N) is 2. The van der Waals surface area contributed by atoms with Gasteiger partial charge in [0.1, 0.15) is 0 Å². The van der Waals surface area contributed by atoms with E-state index in [2.05, 4.69) is 0 Å². The smallest absolute Gasteiger partial charge is 0.270 e. The van der Waals surface area contributed by atoms with Crippen LogP contribution in [0.3, 0.4) is 0 Å². The standard InChI is InChI=1S/C11H13ClN2O3/c1-3-6-13(2)11(15)9-7-8(14(16)17)4-5-10(9)12/h4-5,7H,3,6H2,1-2H3. The van der Waals surface area contributed by atoms with Gasteiger partial charge in [-0.1, -0.05) is 18.5 Å². The summed E-state index contributed by atoms with van der Waals surface area (Å²) >= 11 is 5.87. The molecule has 0 N–H and O–H groups in total. The number of amides is 1. The minimum atomic E-state index is -0.549. The molecule has 6 heteroatoms. The number of benzene rings is 1. The molecule has 0 aliphatic heterocycles. The Kier molecular flexibility index (Phi) is 4.45. The lowest BCUT2D eigenvalue weighted by atomic mass is 10.1. The first-order valence-electron chi connectivity index (χ1n) is 5.16. The Labute approximate surface area is 104 Å². The van der Waals surface area contributed by atoms with Crippen LogP contribution in [-0.2, 0) is 0 Å². The fraction of sp³-hybridized carbons (Fsp3) is 0.364. The maximum atomic E-state index is 11.9. The minimum absolute atomic E-state index is 0.136. The van der Waals surface area contributed by atoms with Crippen molar-refractivity contribution in [2.75, 3.05) is 13.6 Å². The molecule has 0 saturated carbocycles. The van der Waals surface area contributed by atoms with E-state index < -0.39 is 4.92 Å². The number of carbonyl (C=O) groups is 1. The average Bonchev–Trinajstić information content (AvgIpc) is 2.28. The van der Waals surface area contributed by atoms with Crippen LogP contribution in [0.5, 0.6) is 0 Å². The Morgan fingerprint density at radius 1 is 1.53 bits per heavy atom. The van der Waals surface area contributed by atoms with Gasteiger partial charge in [-0.2, -0.15) is 0 Å². The lowest BCUT2D eigenvalue weighted by Gasteiger charge is -2.16. The Morgan fingerprint density at radius 3 is 2.71 bits per heavy atom. The number of nitro benzene ring substituents is 1. The molecule has 0 radical (unpaired) electrons. The molecule has 1 amide bonds. The number of nitro groups is 1. The first kappa shape index (κ1) is 13.4. The highest BCUT2D eigenvalue weighted by atomic mass is 35.5. The number of carbonyl (C=O) groups excluding carboxylic acids is 1. The van der Waals surface area contributed by atoms with Crippen LogP contribution in [-0.4, -0.2) is 29.3 Å². The van der Waals surface area contributed by atoms with E-state index in [0.717, 1.165) is 6.42 Å². The molecule has 0 saturated heterocycles. The minimum Gasteiger partial charge on any atom is -0.342 e. The van der Waals surface area contributed by atoms with Gasteiger partial charge < -0.3 is 4.90 Å². The van der Waals surface area contributed by atoms with Gasteiger partial charge in [0.15, 0.2) is 0 Å². The summed E-state index contributed by atoms with van der Waals surface area (Å²) in [6.45, 7) is 2.52. The zero-order chi connectivity index (χ0) is 13.0. The van der Waals surface area contributed by atoms with Crippen LogP contribution in [0.4, 0.5) is 5.69 Å². The molecule has 0 heterocycles. The molecule has 0 unspecified atom stereocenters. The van der Waals surface area contributed by atoms with Crippen molar-refractivity contribution >= 4 is 23.2 Å². The Balaban J connectivity index is 3.07. The maximum absolute atomic E-state index is 11.9. The highest BCUT2D eigenvalue weighted by Gasteiger charge is 2.18.